The Kier molecular flexibility index (Phi) is 10.9. The van der Waals surface area contributed by atoms with Crippen LogP contribution in [0.25, 0.3) is 0 Å². The number of allylic oxidation sites excluding steroid dienone is 2. The molecule has 2 unspecified atom stereocenters. The van der Waals surface area contributed by atoms with Gasteiger partial charge in [0.05, 0.1) is 0 Å². The first-order valence-electron chi connectivity index (χ1n) is 5.41. The van der Waals surface area contributed by atoms with Crippen molar-refractivity contribution in [1.29, 1.82) is 0 Å². The van der Waals surface area contributed by atoms with Crippen LogP contribution in [0.1, 0.15) is 48.0 Å². The van der Waals surface area contributed by atoms with Crippen LogP contribution in [0.15, 0.2) is 12.2 Å². The maximum atomic E-state index is 10.7. The van der Waals surface area contributed by atoms with E-state index in [0.717, 1.165) is 6.42 Å². The molecular weight excluding hydrogens is 160 g/mol. The Balaban J connectivity index is 0. The normalized spacial score (nSPS) is 25.2. The Morgan fingerprint density at radius 2 is 1.62 bits per heavy atom. The van der Waals surface area contributed by atoms with Gasteiger partial charge >= 0.3 is 0 Å². The van der Waals surface area contributed by atoms with E-state index in [1.54, 1.807) is 6.08 Å². The molecule has 1 rings (SSSR count). The second-order valence-electron chi connectivity index (χ2n) is 2.87. The molecule has 78 valence electrons. The minimum Gasteiger partial charge on any atom is -0.295 e. The standard InChI is InChI=1S/C8H12O.2C2H6/c1-6-3-4-8(9)5-7(6)2;2*1-2/h3-4,6-7H,5H2,1-2H3;2*1-2H3. The summed E-state index contributed by atoms with van der Waals surface area (Å²) >= 11 is 0. The van der Waals surface area contributed by atoms with E-state index in [-0.39, 0.29) is 5.78 Å². The van der Waals surface area contributed by atoms with E-state index < -0.39 is 0 Å². The molecule has 0 saturated carbocycles. The van der Waals surface area contributed by atoms with Crippen LogP contribution < -0.4 is 0 Å². The average molecular weight is 184 g/mol. The molecule has 1 heteroatoms. The highest BCUT2D eigenvalue weighted by molar-refractivity contribution is 5.90. The van der Waals surface area contributed by atoms with Crippen molar-refractivity contribution in [2.45, 2.75) is 48.0 Å². The molecule has 0 aromatic rings. The molecular formula is C12H24O. The van der Waals surface area contributed by atoms with Gasteiger partial charge in [0.2, 0.25) is 0 Å². The Morgan fingerprint density at radius 3 is 1.92 bits per heavy atom. The van der Waals surface area contributed by atoms with Gasteiger partial charge in [0.1, 0.15) is 0 Å². The second kappa shape index (κ2) is 9.50. The fourth-order valence-electron chi connectivity index (χ4n) is 1.02. The highest BCUT2D eigenvalue weighted by atomic mass is 16.1. The molecule has 0 bridgehead atoms. The van der Waals surface area contributed by atoms with Crippen molar-refractivity contribution in [3.63, 3.8) is 0 Å². The van der Waals surface area contributed by atoms with Crippen molar-refractivity contribution < 1.29 is 4.79 Å². The molecule has 1 aliphatic carbocycles. The maximum absolute atomic E-state index is 10.7. The molecule has 13 heavy (non-hydrogen) atoms. The first-order valence-corrected chi connectivity index (χ1v) is 5.41. The van der Waals surface area contributed by atoms with Crippen LogP contribution in [-0.2, 0) is 4.79 Å². The molecule has 1 aliphatic rings. The van der Waals surface area contributed by atoms with E-state index in [4.69, 9.17) is 0 Å². The zero-order valence-electron chi connectivity index (χ0n) is 9.92. The summed E-state index contributed by atoms with van der Waals surface area (Å²) in [6.45, 7) is 12.3. The third-order valence-electron chi connectivity index (χ3n) is 2.01. The van der Waals surface area contributed by atoms with Crippen LogP contribution in [0.4, 0.5) is 0 Å². The lowest BCUT2D eigenvalue weighted by atomic mass is 9.86. The summed E-state index contributed by atoms with van der Waals surface area (Å²) in [6, 6.07) is 0. The first-order chi connectivity index (χ1) is 6.20. The van der Waals surface area contributed by atoms with Gasteiger partial charge in [-0.3, -0.25) is 4.79 Å². The lowest BCUT2D eigenvalue weighted by Crippen LogP contribution is -2.14. The molecule has 0 N–H and O–H groups in total. The van der Waals surface area contributed by atoms with E-state index >= 15 is 0 Å². The topological polar surface area (TPSA) is 17.1 Å². The van der Waals surface area contributed by atoms with Crippen molar-refractivity contribution in [2.24, 2.45) is 11.8 Å². The molecule has 1 nitrogen and oxygen atoms in total. The first kappa shape index (κ1) is 14.9. The highest BCUT2D eigenvalue weighted by Gasteiger charge is 2.16. The largest absolute Gasteiger partial charge is 0.295 e. The Bertz CT molecular complexity index is 147. The number of rotatable bonds is 0. The predicted molar refractivity (Wildman–Crippen MR) is 59.8 cm³/mol. The van der Waals surface area contributed by atoms with Gasteiger partial charge in [0.25, 0.3) is 0 Å². The van der Waals surface area contributed by atoms with Gasteiger partial charge in [-0.25, -0.2) is 0 Å². The lowest BCUT2D eigenvalue weighted by molar-refractivity contribution is -0.116. The minimum absolute atomic E-state index is 0.278. The number of hydrogen-bond acceptors (Lipinski definition) is 1. The van der Waals surface area contributed by atoms with Gasteiger partial charge in [0, 0.05) is 6.42 Å². The van der Waals surface area contributed by atoms with Crippen molar-refractivity contribution in [1.82, 2.24) is 0 Å². The Morgan fingerprint density at radius 1 is 1.15 bits per heavy atom. The van der Waals surface area contributed by atoms with Gasteiger partial charge < -0.3 is 0 Å². The van der Waals surface area contributed by atoms with Gasteiger partial charge in [0.15, 0.2) is 5.78 Å². The lowest BCUT2D eigenvalue weighted by Gasteiger charge is -2.18. The Labute approximate surface area is 83.2 Å². The SMILES string of the molecule is CC.CC.CC1C=CC(=O)CC1C. The quantitative estimate of drug-likeness (QED) is 0.559. The molecule has 0 saturated heterocycles. The summed E-state index contributed by atoms with van der Waals surface area (Å²) in [4.78, 5) is 10.7. The molecule has 0 aromatic carbocycles. The summed E-state index contributed by atoms with van der Waals surface area (Å²) in [5, 5.41) is 0. The third-order valence-corrected chi connectivity index (χ3v) is 2.01. The van der Waals surface area contributed by atoms with Crippen LogP contribution in [0, 0.1) is 11.8 Å². The summed E-state index contributed by atoms with van der Waals surface area (Å²) in [5.74, 6) is 1.41. The van der Waals surface area contributed by atoms with Gasteiger partial charge in [-0.1, -0.05) is 47.6 Å². The number of carbonyl (C=O) groups is 1. The van der Waals surface area contributed by atoms with Gasteiger partial charge in [-0.2, -0.15) is 0 Å². The van der Waals surface area contributed by atoms with E-state index in [1.807, 2.05) is 33.8 Å². The van der Waals surface area contributed by atoms with Crippen LogP contribution in [0.3, 0.4) is 0 Å². The van der Waals surface area contributed by atoms with Crippen molar-refractivity contribution in [2.75, 3.05) is 0 Å². The fraction of sp³-hybridized carbons (Fsp3) is 0.750. The number of carbonyl (C=O) groups excluding carboxylic acids is 1. The van der Waals surface area contributed by atoms with Crippen molar-refractivity contribution in [3.8, 4) is 0 Å². The van der Waals surface area contributed by atoms with E-state index in [1.165, 1.54) is 0 Å². The summed E-state index contributed by atoms with van der Waals surface area (Å²) in [5.41, 5.74) is 0. The van der Waals surface area contributed by atoms with E-state index in [9.17, 15) is 4.79 Å². The molecule has 0 fully saturated rings. The molecule has 0 heterocycles. The van der Waals surface area contributed by atoms with Gasteiger partial charge in [-0.15, -0.1) is 0 Å². The molecule has 0 radical (unpaired) electrons. The maximum Gasteiger partial charge on any atom is 0.155 e. The molecule has 2 atom stereocenters. The summed E-state index contributed by atoms with van der Waals surface area (Å²) in [6.07, 6.45) is 4.43. The van der Waals surface area contributed by atoms with Crippen molar-refractivity contribution >= 4 is 5.78 Å². The molecule has 0 spiro atoms. The van der Waals surface area contributed by atoms with Crippen LogP contribution in [0.2, 0.25) is 0 Å². The third kappa shape index (κ3) is 6.56. The monoisotopic (exact) mass is 184 g/mol. The second-order valence-corrected chi connectivity index (χ2v) is 2.87. The smallest absolute Gasteiger partial charge is 0.155 e. The zero-order valence-corrected chi connectivity index (χ0v) is 9.92. The predicted octanol–water partition coefficient (Wildman–Crippen LogP) is 3.84. The van der Waals surface area contributed by atoms with Gasteiger partial charge in [-0.05, 0) is 17.9 Å². The summed E-state index contributed by atoms with van der Waals surface area (Å²) < 4.78 is 0. The average Bonchev–Trinajstić information content (AvgIpc) is 2.18. The summed E-state index contributed by atoms with van der Waals surface area (Å²) in [7, 11) is 0. The van der Waals surface area contributed by atoms with E-state index in [2.05, 4.69) is 13.8 Å². The Hall–Kier alpha value is -0.590. The molecule has 0 amide bonds. The van der Waals surface area contributed by atoms with Crippen LogP contribution in [-0.4, -0.2) is 5.78 Å². The highest BCUT2D eigenvalue weighted by Crippen LogP contribution is 2.20. The van der Waals surface area contributed by atoms with Crippen molar-refractivity contribution in [3.05, 3.63) is 12.2 Å². The number of ketones is 1. The molecule has 0 aliphatic heterocycles. The van der Waals surface area contributed by atoms with E-state index in [0.29, 0.717) is 11.8 Å². The zero-order chi connectivity index (χ0) is 10.9. The van der Waals surface area contributed by atoms with Crippen LogP contribution in [0.5, 0.6) is 0 Å². The fourth-order valence-corrected chi connectivity index (χ4v) is 1.02. The van der Waals surface area contributed by atoms with Crippen LogP contribution >= 0.6 is 0 Å². The minimum atomic E-state index is 0.278. The number of hydrogen-bond donors (Lipinski definition) is 0. The molecule has 0 aromatic heterocycles.